The summed E-state index contributed by atoms with van der Waals surface area (Å²) in [6, 6.07) is 10.0. The fraction of sp³-hybridized carbons (Fsp3) is 0.480. The molecule has 1 aromatic rings. The number of benzene rings is 1. The maximum atomic E-state index is 12.7. The van der Waals surface area contributed by atoms with Crippen LogP contribution in [-0.2, 0) is 14.4 Å². The number of hydrogen-bond donors (Lipinski definition) is 2. The van der Waals surface area contributed by atoms with Gasteiger partial charge in [-0.25, -0.2) is 9.59 Å². The van der Waals surface area contributed by atoms with Gasteiger partial charge >= 0.3 is 11.9 Å². The number of carboxylic acids is 2. The van der Waals surface area contributed by atoms with E-state index in [0.29, 0.717) is 42.4 Å². The van der Waals surface area contributed by atoms with Gasteiger partial charge in [0.05, 0.1) is 0 Å². The van der Waals surface area contributed by atoms with Gasteiger partial charge in [-0.1, -0.05) is 42.8 Å². The lowest BCUT2D eigenvalue weighted by Crippen LogP contribution is -2.48. The minimum Gasteiger partial charge on any atom is -0.478 e. The molecule has 31 heavy (non-hydrogen) atoms. The first kappa shape index (κ1) is 24.5. The van der Waals surface area contributed by atoms with Crippen molar-refractivity contribution in [3.05, 3.63) is 53.1 Å². The summed E-state index contributed by atoms with van der Waals surface area (Å²) in [5, 5.41) is 15.6. The Morgan fingerprint density at radius 1 is 1.03 bits per heavy atom. The Kier molecular flexibility index (Phi) is 8.75. The van der Waals surface area contributed by atoms with E-state index in [0.717, 1.165) is 6.42 Å². The number of carbonyl (C=O) groups excluding carboxylic acids is 1. The van der Waals surface area contributed by atoms with Crippen LogP contribution in [0, 0.1) is 5.92 Å². The summed E-state index contributed by atoms with van der Waals surface area (Å²) in [6.45, 7) is 6.26. The molecule has 2 heterocycles. The molecule has 168 valence electrons. The normalized spacial score (nSPS) is 24.9. The van der Waals surface area contributed by atoms with Crippen molar-refractivity contribution in [3.8, 4) is 0 Å². The number of hydrogen-bond acceptors (Lipinski definition) is 4. The maximum Gasteiger partial charge on any atom is 0.328 e. The van der Waals surface area contributed by atoms with Crippen LogP contribution in [0.4, 0.5) is 0 Å². The molecule has 2 saturated heterocycles. The molecular formula is C25H33NO5. The molecule has 2 aliphatic rings. The Morgan fingerprint density at radius 2 is 1.61 bits per heavy atom. The largest absolute Gasteiger partial charge is 0.478 e. The Bertz CT molecular complexity index is 835. The second-order valence-corrected chi connectivity index (χ2v) is 8.55. The Labute approximate surface area is 184 Å². The molecule has 2 aliphatic heterocycles. The quantitative estimate of drug-likeness (QED) is 0.655. The van der Waals surface area contributed by atoms with Gasteiger partial charge in [0.1, 0.15) is 5.78 Å². The zero-order valence-corrected chi connectivity index (χ0v) is 18.7. The first-order valence-corrected chi connectivity index (χ1v) is 10.8. The van der Waals surface area contributed by atoms with Gasteiger partial charge in [-0.15, -0.1) is 0 Å². The smallest absolute Gasteiger partial charge is 0.328 e. The van der Waals surface area contributed by atoms with Crippen LogP contribution in [0.3, 0.4) is 0 Å². The summed E-state index contributed by atoms with van der Waals surface area (Å²) in [6.07, 6.45) is 7.55. The Hall–Kier alpha value is -2.73. The van der Waals surface area contributed by atoms with Crippen LogP contribution in [0.5, 0.6) is 0 Å². The fourth-order valence-electron chi connectivity index (χ4n) is 4.80. The van der Waals surface area contributed by atoms with Crippen molar-refractivity contribution in [1.29, 1.82) is 0 Å². The zero-order valence-electron chi connectivity index (χ0n) is 18.7. The lowest BCUT2D eigenvalue weighted by atomic mass is 9.73. The van der Waals surface area contributed by atoms with Crippen LogP contribution < -0.4 is 0 Å². The standard InChI is InChI=1S/C21H29NO.C4H4O4/c1-5-20(23)21-18(13-17-10-11-19(21)22(17)4)16-8-6-15(7-9-16)12-14(2)3;5-3(6)1-2-4(7)8/h6-9,12,17-19,21H,5,10-11,13H2,1-4H3;1-2H,(H,5,6)(H,7,8)/b;2-1+/t17?,18-,19?,21+;/m1./s1. The first-order chi connectivity index (χ1) is 14.6. The van der Waals surface area contributed by atoms with Crippen LogP contribution in [0.1, 0.15) is 63.5 Å². The van der Waals surface area contributed by atoms with Crippen LogP contribution in [-0.4, -0.2) is 52.0 Å². The number of carboxylic acid groups (broad SMARTS) is 2. The van der Waals surface area contributed by atoms with Crippen LogP contribution in [0.15, 0.2) is 42.0 Å². The average Bonchev–Trinajstić information content (AvgIpc) is 2.95. The van der Waals surface area contributed by atoms with Gasteiger partial charge in [-0.05, 0) is 57.2 Å². The minimum atomic E-state index is -1.26. The summed E-state index contributed by atoms with van der Waals surface area (Å²) in [5.41, 5.74) is 3.92. The van der Waals surface area contributed by atoms with Crippen molar-refractivity contribution >= 4 is 23.8 Å². The molecule has 0 saturated carbocycles. The predicted octanol–water partition coefficient (Wildman–Crippen LogP) is 4.37. The number of Topliss-reactive ketones (excluding diaryl/α,β-unsaturated/α-hetero) is 1. The predicted molar refractivity (Wildman–Crippen MR) is 121 cm³/mol. The highest BCUT2D eigenvalue weighted by molar-refractivity contribution is 5.89. The van der Waals surface area contributed by atoms with E-state index in [9.17, 15) is 14.4 Å². The lowest BCUT2D eigenvalue weighted by Gasteiger charge is -2.42. The van der Waals surface area contributed by atoms with Crippen molar-refractivity contribution < 1.29 is 24.6 Å². The van der Waals surface area contributed by atoms with E-state index in [1.54, 1.807) is 0 Å². The van der Waals surface area contributed by atoms with Gasteiger partial charge in [-0.2, -0.15) is 0 Å². The topological polar surface area (TPSA) is 94.9 Å². The average molecular weight is 428 g/mol. The minimum absolute atomic E-state index is 0.179. The van der Waals surface area contributed by atoms with Gasteiger partial charge in [0.25, 0.3) is 0 Å². The van der Waals surface area contributed by atoms with Crippen molar-refractivity contribution in [3.63, 3.8) is 0 Å². The molecule has 2 fully saturated rings. The van der Waals surface area contributed by atoms with Crippen molar-refractivity contribution in [2.24, 2.45) is 5.92 Å². The third-order valence-electron chi connectivity index (χ3n) is 6.18. The van der Waals surface area contributed by atoms with Gasteiger partial charge in [0.15, 0.2) is 0 Å². The molecule has 6 heteroatoms. The molecule has 1 aromatic carbocycles. The molecule has 2 bridgehead atoms. The number of piperidine rings is 1. The van der Waals surface area contributed by atoms with Crippen molar-refractivity contribution in [1.82, 2.24) is 4.90 Å². The van der Waals surface area contributed by atoms with Gasteiger partial charge in [0.2, 0.25) is 0 Å². The fourth-order valence-corrected chi connectivity index (χ4v) is 4.80. The number of carbonyl (C=O) groups is 3. The zero-order chi connectivity index (χ0) is 23.1. The number of rotatable bonds is 6. The molecule has 0 radical (unpaired) electrons. The van der Waals surface area contributed by atoms with Crippen molar-refractivity contribution in [2.45, 2.75) is 64.5 Å². The van der Waals surface area contributed by atoms with Crippen LogP contribution >= 0.6 is 0 Å². The van der Waals surface area contributed by atoms with E-state index in [-0.39, 0.29) is 5.92 Å². The molecule has 0 aliphatic carbocycles. The van der Waals surface area contributed by atoms with E-state index in [4.69, 9.17) is 10.2 Å². The Balaban J connectivity index is 0.000000366. The molecule has 2 N–H and O–H groups in total. The van der Waals surface area contributed by atoms with E-state index in [1.807, 2.05) is 6.92 Å². The summed E-state index contributed by atoms with van der Waals surface area (Å²) < 4.78 is 0. The van der Waals surface area contributed by atoms with E-state index < -0.39 is 11.9 Å². The van der Waals surface area contributed by atoms with Crippen LogP contribution in [0.25, 0.3) is 6.08 Å². The summed E-state index contributed by atoms with van der Waals surface area (Å²) >= 11 is 0. The lowest BCUT2D eigenvalue weighted by molar-refractivity contribution is -0.134. The molecule has 4 atom stereocenters. The number of aliphatic carboxylic acids is 2. The molecular weight excluding hydrogens is 394 g/mol. The first-order valence-electron chi connectivity index (χ1n) is 10.8. The molecule has 3 rings (SSSR count). The van der Waals surface area contributed by atoms with Gasteiger partial charge < -0.3 is 10.2 Å². The maximum absolute atomic E-state index is 12.7. The Morgan fingerprint density at radius 3 is 2.10 bits per heavy atom. The molecule has 0 aromatic heterocycles. The van der Waals surface area contributed by atoms with E-state index in [2.05, 4.69) is 56.1 Å². The monoisotopic (exact) mass is 427 g/mol. The molecule has 6 nitrogen and oxygen atoms in total. The summed E-state index contributed by atoms with van der Waals surface area (Å²) in [5.74, 6) is -1.49. The highest BCUT2D eigenvalue weighted by atomic mass is 16.4. The van der Waals surface area contributed by atoms with Crippen LogP contribution in [0.2, 0.25) is 0 Å². The highest BCUT2D eigenvalue weighted by Gasteiger charge is 2.48. The SMILES string of the molecule is CCC(=O)[C@@H]1C2CCC(C[C@@H]1c1ccc(C=C(C)C)cc1)N2C.O=C(O)/C=C/C(=O)O. The number of fused-ring (bicyclic) bond motifs is 2. The highest BCUT2D eigenvalue weighted by Crippen LogP contribution is 2.46. The third-order valence-corrected chi connectivity index (χ3v) is 6.18. The van der Waals surface area contributed by atoms with Gasteiger partial charge in [-0.3, -0.25) is 9.69 Å². The third kappa shape index (κ3) is 6.62. The van der Waals surface area contributed by atoms with E-state index >= 15 is 0 Å². The summed E-state index contributed by atoms with van der Waals surface area (Å²) in [4.78, 5) is 34.2. The number of ketones is 1. The van der Waals surface area contributed by atoms with Gasteiger partial charge in [0, 0.05) is 36.6 Å². The molecule has 2 unspecified atom stereocenters. The second-order valence-electron chi connectivity index (χ2n) is 8.55. The number of allylic oxidation sites excluding steroid dienone is 1. The molecule has 0 amide bonds. The summed E-state index contributed by atoms with van der Waals surface area (Å²) in [7, 11) is 2.21. The van der Waals surface area contributed by atoms with E-state index in [1.165, 1.54) is 29.5 Å². The molecule has 0 spiro atoms. The second kappa shape index (κ2) is 11.0. The van der Waals surface area contributed by atoms with Crippen molar-refractivity contribution in [2.75, 3.05) is 7.05 Å². The number of nitrogens with zero attached hydrogens (tertiary/aromatic N) is 1.